The highest BCUT2D eigenvalue weighted by Gasteiger charge is 2.57. The van der Waals surface area contributed by atoms with Gasteiger partial charge in [0.05, 0.1) is 6.54 Å². The summed E-state index contributed by atoms with van der Waals surface area (Å²) in [4.78, 5) is 33.0. The van der Waals surface area contributed by atoms with Crippen LogP contribution < -0.4 is 0 Å². The first-order valence-corrected chi connectivity index (χ1v) is 12.5. The number of benzene rings is 2. The quantitative estimate of drug-likeness (QED) is 0.413. The number of rotatable bonds is 8. The molecule has 1 spiro atoms. The molecular formula is C25H32ClN3O2S. The molecule has 4 rings (SSSR count). The lowest BCUT2D eigenvalue weighted by Crippen LogP contribution is -2.56. The lowest BCUT2D eigenvalue weighted by atomic mass is 9.85. The first-order valence-electron chi connectivity index (χ1n) is 11.1. The van der Waals surface area contributed by atoms with Crippen LogP contribution in [0.2, 0.25) is 0 Å². The first-order chi connectivity index (χ1) is 15.1. The molecule has 2 aromatic rings. The van der Waals surface area contributed by atoms with Crippen molar-refractivity contribution in [2.45, 2.75) is 37.9 Å². The van der Waals surface area contributed by atoms with Crippen LogP contribution in [0.25, 0.3) is 0 Å². The Morgan fingerprint density at radius 3 is 2.00 bits per heavy atom. The summed E-state index contributed by atoms with van der Waals surface area (Å²) in [5, 5.41) is 0. The van der Waals surface area contributed by atoms with Gasteiger partial charge in [0.2, 0.25) is 0 Å². The van der Waals surface area contributed by atoms with Gasteiger partial charge in [-0.25, -0.2) is 4.79 Å². The first kappa shape index (κ1) is 24.6. The van der Waals surface area contributed by atoms with Gasteiger partial charge in [0.25, 0.3) is 5.91 Å². The number of amides is 3. The maximum absolute atomic E-state index is 13.7. The summed E-state index contributed by atoms with van der Waals surface area (Å²) >= 11 is 1.87. The van der Waals surface area contributed by atoms with E-state index in [9.17, 15) is 9.59 Å². The number of urea groups is 1. The lowest BCUT2D eigenvalue weighted by molar-refractivity contribution is -0.136. The Morgan fingerprint density at radius 1 is 0.875 bits per heavy atom. The number of imide groups is 1. The maximum atomic E-state index is 13.7. The zero-order chi connectivity index (χ0) is 21.7. The smallest absolute Gasteiger partial charge is 0.305 e. The molecule has 172 valence electrons. The number of hydrogen-bond donors (Lipinski definition) is 0. The maximum Gasteiger partial charge on any atom is 0.328 e. The molecule has 2 aliphatic rings. The molecule has 2 aliphatic heterocycles. The second-order valence-electron chi connectivity index (χ2n) is 8.45. The van der Waals surface area contributed by atoms with Crippen LogP contribution >= 0.6 is 24.2 Å². The zero-order valence-corrected chi connectivity index (χ0v) is 20.2. The molecule has 0 atom stereocenters. The van der Waals surface area contributed by atoms with Gasteiger partial charge in [-0.3, -0.25) is 9.69 Å². The summed E-state index contributed by atoms with van der Waals surface area (Å²) in [6.45, 7) is 3.59. The van der Waals surface area contributed by atoms with E-state index in [0.717, 1.165) is 42.9 Å². The van der Waals surface area contributed by atoms with E-state index in [1.807, 2.05) is 77.3 Å². The highest BCUT2D eigenvalue weighted by Crippen LogP contribution is 2.39. The summed E-state index contributed by atoms with van der Waals surface area (Å²) in [7, 11) is 0. The number of nitrogens with zero attached hydrogens (tertiary/aromatic N) is 3. The summed E-state index contributed by atoms with van der Waals surface area (Å²) in [6.07, 6.45) is 4.70. The Bertz CT molecular complexity index is 889. The number of hydrogen-bond acceptors (Lipinski definition) is 4. The summed E-state index contributed by atoms with van der Waals surface area (Å²) < 4.78 is 0. The number of carbonyl (C=O) groups excluding carboxylic acids is 2. The molecule has 0 aliphatic carbocycles. The van der Waals surface area contributed by atoms with Gasteiger partial charge in [0, 0.05) is 19.6 Å². The third kappa shape index (κ3) is 5.13. The SMILES string of the molecule is CSCCCN1CCC2(CC1)C(=O)N(Cc1ccccc1)C(=O)N2Cc1ccccc1.Cl. The Balaban J connectivity index is 0.00000289. The Kier molecular flexibility index (Phi) is 8.63. The topological polar surface area (TPSA) is 43.9 Å². The van der Waals surface area contributed by atoms with Crippen molar-refractivity contribution < 1.29 is 9.59 Å². The van der Waals surface area contributed by atoms with E-state index in [1.54, 1.807) is 0 Å². The summed E-state index contributed by atoms with van der Waals surface area (Å²) in [5.41, 5.74) is 1.32. The molecule has 32 heavy (non-hydrogen) atoms. The van der Waals surface area contributed by atoms with Crippen molar-refractivity contribution in [2.24, 2.45) is 0 Å². The fourth-order valence-corrected chi connectivity index (χ4v) is 5.15. The number of halogens is 1. The molecule has 0 aromatic heterocycles. The van der Waals surface area contributed by atoms with Gasteiger partial charge in [-0.05, 0) is 48.9 Å². The van der Waals surface area contributed by atoms with E-state index in [2.05, 4.69) is 11.2 Å². The minimum atomic E-state index is -0.724. The van der Waals surface area contributed by atoms with Crippen LogP contribution in [0, 0.1) is 0 Å². The van der Waals surface area contributed by atoms with Crippen LogP contribution in [0.1, 0.15) is 30.4 Å². The van der Waals surface area contributed by atoms with E-state index in [4.69, 9.17) is 0 Å². The molecule has 0 N–H and O–H groups in total. The van der Waals surface area contributed by atoms with Gasteiger partial charge in [0.15, 0.2) is 0 Å². The Hall–Kier alpha value is -2.02. The molecule has 5 nitrogen and oxygen atoms in total. The molecule has 0 radical (unpaired) electrons. The zero-order valence-electron chi connectivity index (χ0n) is 18.6. The van der Waals surface area contributed by atoms with Gasteiger partial charge in [-0.2, -0.15) is 11.8 Å². The van der Waals surface area contributed by atoms with Crippen LogP contribution in [0.5, 0.6) is 0 Å². The van der Waals surface area contributed by atoms with Gasteiger partial charge in [0.1, 0.15) is 5.54 Å². The van der Waals surface area contributed by atoms with Gasteiger partial charge >= 0.3 is 6.03 Å². The third-order valence-corrected chi connectivity index (χ3v) is 7.19. The van der Waals surface area contributed by atoms with Gasteiger partial charge < -0.3 is 9.80 Å². The van der Waals surface area contributed by atoms with E-state index < -0.39 is 5.54 Å². The molecule has 2 saturated heterocycles. The number of likely N-dealkylation sites (tertiary alicyclic amines) is 1. The largest absolute Gasteiger partial charge is 0.328 e. The van der Waals surface area contributed by atoms with Crippen molar-refractivity contribution in [3.05, 3.63) is 71.8 Å². The van der Waals surface area contributed by atoms with Crippen LogP contribution in [0.4, 0.5) is 4.79 Å². The van der Waals surface area contributed by atoms with Crippen molar-refractivity contribution in [1.82, 2.24) is 14.7 Å². The molecule has 0 saturated carbocycles. The number of piperidine rings is 1. The van der Waals surface area contributed by atoms with Crippen molar-refractivity contribution in [1.29, 1.82) is 0 Å². The standard InChI is InChI=1S/C25H31N3O2S.ClH/c1-31-18-8-15-26-16-13-25(14-17-26)23(29)27(19-21-9-4-2-5-10-21)24(30)28(25)20-22-11-6-3-7-12-22;/h2-7,9-12H,8,13-20H2,1H3;1H. The van der Waals surface area contributed by atoms with E-state index in [0.29, 0.717) is 25.9 Å². The van der Waals surface area contributed by atoms with Gasteiger partial charge in [-0.15, -0.1) is 12.4 Å². The molecule has 2 aromatic carbocycles. The normalized spacial score (nSPS) is 18.3. The van der Waals surface area contributed by atoms with Crippen LogP contribution in [-0.4, -0.2) is 63.8 Å². The fourth-order valence-electron chi connectivity index (χ4n) is 4.74. The highest BCUT2D eigenvalue weighted by atomic mass is 35.5. The number of carbonyl (C=O) groups is 2. The number of thioether (sulfide) groups is 1. The average Bonchev–Trinajstić information content (AvgIpc) is 2.99. The molecule has 0 unspecified atom stereocenters. The predicted molar refractivity (Wildman–Crippen MR) is 133 cm³/mol. The van der Waals surface area contributed by atoms with E-state index >= 15 is 0 Å². The van der Waals surface area contributed by atoms with Crippen molar-refractivity contribution in [3.63, 3.8) is 0 Å². The summed E-state index contributed by atoms with van der Waals surface area (Å²) in [6, 6.07) is 19.7. The van der Waals surface area contributed by atoms with Gasteiger partial charge in [-0.1, -0.05) is 60.7 Å². The van der Waals surface area contributed by atoms with Crippen LogP contribution in [-0.2, 0) is 17.9 Å². The molecular weight excluding hydrogens is 442 g/mol. The molecule has 7 heteroatoms. The van der Waals surface area contributed by atoms with E-state index in [-0.39, 0.29) is 24.3 Å². The van der Waals surface area contributed by atoms with Crippen molar-refractivity contribution in [3.8, 4) is 0 Å². The monoisotopic (exact) mass is 473 g/mol. The van der Waals surface area contributed by atoms with Crippen molar-refractivity contribution >= 4 is 36.1 Å². The Morgan fingerprint density at radius 2 is 1.44 bits per heavy atom. The third-order valence-electron chi connectivity index (χ3n) is 6.49. The highest BCUT2D eigenvalue weighted by molar-refractivity contribution is 7.98. The van der Waals surface area contributed by atoms with E-state index in [1.165, 1.54) is 4.90 Å². The second kappa shape index (κ2) is 11.2. The van der Waals surface area contributed by atoms with Crippen LogP contribution in [0.15, 0.2) is 60.7 Å². The predicted octanol–water partition coefficient (Wildman–Crippen LogP) is 4.66. The van der Waals surface area contributed by atoms with Crippen molar-refractivity contribution in [2.75, 3.05) is 31.6 Å². The fraction of sp³-hybridized carbons (Fsp3) is 0.440. The second-order valence-corrected chi connectivity index (χ2v) is 9.44. The lowest BCUT2D eigenvalue weighted by Gasteiger charge is -2.42. The average molecular weight is 474 g/mol. The summed E-state index contributed by atoms with van der Waals surface area (Å²) in [5.74, 6) is 1.13. The molecule has 0 bridgehead atoms. The molecule has 2 fully saturated rings. The molecule has 3 amide bonds. The van der Waals surface area contributed by atoms with Crippen LogP contribution in [0.3, 0.4) is 0 Å². The minimum Gasteiger partial charge on any atom is -0.305 e. The molecule has 2 heterocycles. The minimum absolute atomic E-state index is 0. The Labute approximate surface area is 201 Å².